The van der Waals surface area contributed by atoms with Gasteiger partial charge in [0.1, 0.15) is 5.82 Å². The number of nitrogens with one attached hydrogen (secondary N) is 1. The van der Waals surface area contributed by atoms with Crippen molar-refractivity contribution in [1.29, 1.82) is 0 Å². The van der Waals surface area contributed by atoms with Crippen LogP contribution >= 0.6 is 11.6 Å². The summed E-state index contributed by atoms with van der Waals surface area (Å²) < 4.78 is 0. The highest BCUT2D eigenvalue weighted by atomic mass is 35.5. The maximum absolute atomic E-state index is 12.4. The number of fused-ring (bicyclic) bond motifs is 1. The van der Waals surface area contributed by atoms with Gasteiger partial charge in [-0.3, -0.25) is 9.69 Å². The van der Waals surface area contributed by atoms with E-state index in [2.05, 4.69) is 9.97 Å². The number of likely N-dealkylation sites (tertiary alicyclic amines) is 1. The SMILES string of the molecule is CN(CC(=O)N1CCCCCC1)Cc1nc2ccc(Cl)cc2[nH]1. The average molecular weight is 335 g/mol. The molecule has 23 heavy (non-hydrogen) atoms. The van der Waals surface area contributed by atoms with E-state index in [1.54, 1.807) is 0 Å². The van der Waals surface area contributed by atoms with Crippen molar-refractivity contribution in [2.75, 3.05) is 26.7 Å². The molecule has 124 valence electrons. The summed E-state index contributed by atoms with van der Waals surface area (Å²) in [6.45, 7) is 2.84. The Morgan fingerprint density at radius 1 is 1.30 bits per heavy atom. The van der Waals surface area contributed by atoms with Gasteiger partial charge >= 0.3 is 0 Å². The number of halogens is 1. The van der Waals surface area contributed by atoms with Crippen LogP contribution < -0.4 is 0 Å². The number of hydrogen-bond acceptors (Lipinski definition) is 3. The maximum atomic E-state index is 12.4. The van der Waals surface area contributed by atoms with E-state index < -0.39 is 0 Å². The van der Waals surface area contributed by atoms with Crippen LogP contribution in [-0.4, -0.2) is 52.4 Å². The van der Waals surface area contributed by atoms with Crippen LogP contribution in [0.15, 0.2) is 18.2 Å². The molecule has 0 saturated carbocycles. The zero-order chi connectivity index (χ0) is 16.2. The molecule has 1 amide bonds. The van der Waals surface area contributed by atoms with Crippen LogP contribution in [0.25, 0.3) is 11.0 Å². The monoisotopic (exact) mass is 334 g/mol. The number of aromatic amines is 1. The predicted octanol–water partition coefficient (Wildman–Crippen LogP) is 3.05. The van der Waals surface area contributed by atoms with Crippen LogP contribution in [0, 0.1) is 0 Å². The Labute approximate surface area is 141 Å². The summed E-state index contributed by atoms with van der Waals surface area (Å²) in [6, 6.07) is 5.61. The molecule has 1 fully saturated rings. The van der Waals surface area contributed by atoms with Crippen LogP contribution in [-0.2, 0) is 11.3 Å². The van der Waals surface area contributed by atoms with Gasteiger partial charge in [0.15, 0.2) is 0 Å². The van der Waals surface area contributed by atoms with E-state index in [9.17, 15) is 4.79 Å². The van der Waals surface area contributed by atoms with E-state index in [-0.39, 0.29) is 5.91 Å². The average Bonchev–Trinajstić information content (AvgIpc) is 2.72. The number of H-pyrrole nitrogens is 1. The van der Waals surface area contributed by atoms with Crippen LogP contribution in [0.5, 0.6) is 0 Å². The Morgan fingerprint density at radius 2 is 2.04 bits per heavy atom. The van der Waals surface area contributed by atoms with Crippen molar-refractivity contribution >= 4 is 28.5 Å². The van der Waals surface area contributed by atoms with Crippen molar-refractivity contribution in [1.82, 2.24) is 19.8 Å². The number of hydrogen-bond donors (Lipinski definition) is 1. The molecule has 0 atom stereocenters. The molecule has 0 radical (unpaired) electrons. The standard InChI is InChI=1S/C17H23ClN4O/c1-21(12-17(23)22-8-4-2-3-5-9-22)11-16-19-14-7-6-13(18)10-15(14)20-16/h6-7,10H,2-5,8-9,11-12H2,1H3,(H,19,20). The minimum atomic E-state index is 0.216. The molecule has 6 heteroatoms. The second kappa shape index (κ2) is 7.32. The topological polar surface area (TPSA) is 52.2 Å². The van der Waals surface area contributed by atoms with E-state index in [1.807, 2.05) is 35.0 Å². The van der Waals surface area contributed by atoms with Crippen molar-refractivity contribution in [3.8, 4) is 0 Å². The molecule has 1 aliphatic heterocycles. The minimum Gasteiger partial charge on any atom is -0.342 e. The Morgan fingerprint density at radius 3 is 2.78 bits per heavy atom. The van der Waals surface area contributed by atoms with E-state index in [4.69, 9.17) is 11.6 Å². The van der Waals surface area contributed by atoms with Crippen molar-refractivity contribution in [2.24, 2.45) is 0 Å². The van der Waals surface area contributed by atoms with Crippen LogP contribution in [0.4, 0.5) is 0 Å². The molecule has 0 bridgehead atoms. The van der Waals surface area contributed by atoms with E-state index in [0.29, 0.717) is 18.1 Å². The quantitative estimate of drug-likeness (QED) is 0.935. The Kier molecular flexibility index (Phi) is 5.18. The zero-order valence-corrected chi connectivity index (χ0v) is 14.3. The first-order valence-electron chi connectivity index (χ1n) is 8.22. The normalized spacial score (nSPS) is 16.0. The number of carbonyl (C=O) groups is 1. The van der Waals surface area contributed by atoms with Gasteiger partial charge in [-0.1, -0.05) is 24.4 Å². The number of amides is 1. The number of aromatic nitrogens is 2. The predicted molar refractivity (Wildman–Crippen MR) is 92.5 cm³/mol. The summed E-state index contributed by atoms with van der Waals surface area (Å²) in [5.41, 5.74) is 1.83. The highest BCUT2D eigenvalue weighted by Gasteiger charge is 2.17. The van der Waals surface area contributed by atoms with Crippen molar-refractivity contribution in [2.45, 2.75) is 32.2 Å². The molecular weight excluding hydrogens is 312 g/mol. The molecule has 5 nitrogen and oxygen atoms in total. The number of carbonyl (C=O) groups excluding carboxylic acids is 1. The summed E-state index contributed by atoms with van der Waals surface area (Å²) in [5, 5.41) is 0.692. The summed E-state index contributed by atoms with van der Waals surface area (Å²) >= 11 is 5.99. The Bertz CT molecular complexity index is 676. The summed E-state index contributed by atoms with van der Waals surface area (Å²) in [6.07, 6.45) is 4.72. The first kappa shape index (κ1) is 16.3. The summed E-state index contributed by atoms with van der Waals surface area (Å²) in [4.78, 5) is 24.2. The van der Waals surface area contributed by atoms with Gasteiger partial charge < -0.3 is 9.88 Å². The van der Waals surface area contributed by atoms with Gasteiger partial charge in [0, 0.05) is 18.1 Å². The minimum absolute atomic E-state index is 0.216. The first-order valence-corrected chi connectivity index (χ1v) is 8.60. The lowest BCUT2D eigenvalue weighted by atomic mass is 10.2. The second-order valence-corrected chi connectivity index (χ2v) is 6.75. The largest absolute Gasteiger partial charge is 0.342 e. The fourth-order valence-electron chi connectivity index (χ4n) is 3.07. The molecule has 0 spiro atoms. The molecule has 3 rings (SSSR count). The first-order chi connectivity index (χ1) is 11.1. The molecule has 0 aliphatic carbocycles. The molecule has 1 aromatic heterocycles. The van der Waals surface area contributed by atoms with Crippen LogP contribution in [0.3, 0.4) is 0 Å². The number of imidazole rings is 1. The fraction of sp³-hybridized carbons (Fsp3) is 0.529. The highest BCUT2D eigenvalue weighted by Crippen LogP contribution is 2.17. The van der Waals surface area contributed by atoms with Gasteiger partial charge in [0.2, 0.25) is 5.91 Å². The lowest BCUT2D eigenvalue weighted by Gasteiger charge is -2.23. The molecule has 2 aromatic rings. The Hall–Kier alpha value is -1.59. The maximum Gasteiger partial charge on any atom is 0.236 e. The van der Waals surface area contributed by atoms with Crippen LogP contribution in [0.2, 0.25) is 5.02 Å². The summed E-state index contributed by atoms with van der Waals surface area (Å²) in [7, 11) is 1.95. The van der Waals surface area contributed by atoms with Gasteiger partial charge in [0.05, 0.1) is 24.1 Å². The molecule has 1 aromatic carbocycles. The van der Waals surface area contributed by atoms with E-state index in [1.165, 1.54) is 12.8 Å². The summed E-state index contributed by atoms with van der Waals surface area (Å²) in [5.74, 6) is 1.07. The smallest absolute Gasteiger partial charge is 0.236 e. The number of benzene rings is 1. The molecule has 1 N–H and O–H groups in total. The highest BCUT2D eigenvalue weighted by molar-refractivity contribution is 6.31. The fourth-order valence-corrected chi connectivity index (χ4v) is 3.24. The molecule has 1 aliphatic rings. The zero-order valence-electron chi connectivity index (χ0n) is 13.5. The van der Waals surface area contributed by atoms with Gasteiger partial charge in [-0.15, -0.1) is 0 Å². The third-order valence-corrected chi connectivity index (χ3v) is 4.51. The molecular formula is C17H23ClN4O. The van der Waals surface area contributed by atoms with Gasteiger partial charge in [-0.25, -0.2) is 4.98 Å². The second-order valence-electron chi connectivity index (χ2n) is 6.31. The van der Waals surface area contributed by atoms with Crippen molar-refractivity contribution in [3.63, 3.8) is 0 Å². The number of rotatable bonds is 4. The van der Waals surface area contributed by atoms with E-state index in [0.717, 1.165) is 42.8 Å². The van der Waals surface area contributed by atoms with Gasteiger partial charge in [-0.2, -0.15) is 0 Å². The van der Waals surface area contributed by atoms with E-state index >= 15 is 0 Å². The van der Waals surface area contributed by atoms with Crippen molar-refractivity contribution < 1.29 is 4.79 Å². The lowest BCUT2D eigenvalue weighted by Crippen LogP contribution is -2.39. The van der Waals surface area contributed by atoms with Crippen LogP contribution in [0.1, 0.15) is 31.5 Å². The molecule has 1 saturated heterocycles. The van der Waals surface area contributed by atoms with Gasteiger partial charge in [0.25, 0.3) is 0 Å². The Balaban J connectivity index is 1.59. The van der Waals surface area contributed by atoms with Gasteiger partial charge in [-0.05, 0) is 38.1 Å². The third kappa shape index (κ3) is 4.24. The van der Waals surface area contributed by atoms with Crippen molar-refractivity contribution in [3.05, 3.63) is 29.0 Å². The third-order valence-electron chi connectivity index (χ3n) is 4.28. The number of nitrogens with zero attached hydrogens (tertiary/aromatic N) is 3. The molecule has 2 heterocycles. The lowest BCUT2D eigenvalue weighted by molar-refractivity contribution is -0.132. The number of likely N-dealkylation sites (N-methyl/N-ethyl adjacent to an activating group) is 1. The molecule has 0 unspecified atom stereocenters.